The van der Waals surface area contributed by atoms with Crippen LogP contribution in [0.5, 0.6) is 0 Å². The molecule has 0 fully saturated rings. The van der Waals surface area contributed by atoms with E-state index in [2.05, 4.69) is 16.9 Å². The maximum atomic E-state index is 6.12. The number of anilines is 2. The highest BCUT2D eigenvalue weighted by atomic mass is 35.5. The van der Waals surface area contributed by atoms with Gasteiger partial charge in [-0.05, 0) is 24.6 Å². The zero-order chi connectivity index (χ0) is 12.3. The quantitative estimate of drug-likeness (QED) is 0.834. The van der Waals surface area contributed by atoms with E-state index in [4.69, 9.17) is 11.6 Å². The molecule has 17 heavy (non-hydrogen) atoms. The largest absolute Gasteiger partial charge is 0.324 e. The molecule has 0 bridgehead atoms. The second-order valence-corrected chi connectivity index (χ2v) is 4.21. The Balaban J connectivity index is 2.27. The number of aryl methyl sites for hydroxylation is 1. The summed E-state index contributed by atoms with van der Waals surface area (Å²) in [7, 11) is 0. The van der Waals surface area contributed by atoms with Gasteiger partial charge in [-0.15, -0.1) is 6.58 Å². The third kappa shape index (κ3) is 2.68. The van der Waals surface area contributed by atoms with Gasteiger partial charge in [-0.2, -0.15) is 0 Å². The van der Waals surface area contributed by atoms with Gasteiger partial charge < -0.3 is 9.88 Å². The maximum Gasteiger partial charge on any atom is 0.207 e. The van der Waals surface area contributed by atoms with Crippen molar-refractivity contribution in [2.75, 3.05) is 5.32 Å². The van der Waals surface area contributed by atoms with E-state index in [1.165, 1.54) is 0 Å². The Kier molecular flexibility index (Phi) is 3.49. The van der Waals surface area contributed by atoms with Gasteiger partial charge in [0.1, 0.15) is 0 Å². The van der Waals surface area contributed by atoms with E-state index in [9.17, 15) is 0 Å². The zero-order valence-corrected chi connectivity index (χ0v) is 10.4. The number of rotatable bonds is 4. The Bertz CT molecular complexity index is 531. The van der Waals surface area contributed by atoms with E-state index in [0.717, 1.165) is 17.2 Å². The predicted octanol–water partition coefficient (Wildman–Crippen LogP) is 3.77. The first-order valence-corrected chi connectivity index (χ1v) is 5.73. The van der Waals surface area contributed by atoms with E-state index < -0.39 is 0 Å². The van der Waals surface area contributed by atoms with Crippen LogP contribution in [0.1, 0.15) is 5.56 Å². The average Bonchev–Trinajstić information content (AvgIpc) is 2.72. The van der Waals surface area contributed by atoms with Crippen molar-refractivity contribution in [3.05, 3.63) is 53.8 Å². The Morgan fingerprint density at radius 1 is 1.53 bits per heavy atom. The van der Waals surface area contributed by atoms with Crippen LogP contribution >= 0.6 is 11.6 Å². The number of halogens is 1. The second-order valence-electron chi connectivity index (χ2n) is 3.80. The van der Waals surface area contributed by atoms with Gasteiger partial charge in [0.05, 0.1) is 10.7 Å². The summed E-state index contributed by atoms with van der Waals surface area (Å²) in [6, 6.07) is 5.85. The van der Waals surface area contributed by atoms with Crippen LogP contribution in [0.4, 0.5) is 11.6 Å². The van der Waals surface area contributed by atoms with E-state index >= 15 is 0 Å². The first-order valence-electron chi connectivity index (χ1n) is 5.36. The third-order valence-electron chi connectivity index (χ3n) is 2.41. The highest BCUT2D eigenvalue weighted by Gasteiger charge is 2.05. The Labute approximate surface area is 106 Å². The molecule has 1 aromatic carbocycles. The second kappa shape index (κ2) is 5.06. The zero-order valence-electron chi connectivity index (χ0n) is 9.65. The standard InChI is InChI=1S/C13H14ClN3/c1-3-7-17-8-6-15-13(17)16-12-9-10(2)4-5-11(12)14/h3-6,8-9H,1,7H2,2H3,(H,15,16). The number of allylic oxidation sites excluding steroid dienone is 1. The lowest BCUT2D eigenvalue weighted by atomic mass is 10.2. The minimum absolute atomic E-state index is 0.684. The van der Waals surface area contributed by atoms with Crippen molar-refractivity contribution in [3.8, 4) is 0 Å². The molecular formula is C13H14ClN3. The molecule has 4 heteroatoms. The van der Waals surface area contributed by atoms with Gasteiger partial charge in [0.25, 0.3) is 0 Å². The number of benzene rings is 1. The lowest BCUT2D eigenvalue weighted by molar-refractivity contribution is 0.833. The van der Waals surface area contributed by atoms with Gasteiger partial charge in [0.2, 0.25) is 5.95 Å². The molecular weight excluding hydrogens is 234 g/mol. The van der Waals surface area contributed by atoms with Crippen LogP contribution in [-0.2, 0) is 6.54 Å². The van der Waals surface area contributed by atoms with Crippen LogP contribution in [0.3, 0.4) is 0 Å². The summed E-state index contributed by atoms with van der Waals surface area (Å²) in [5, 5.41) is 3.90. The number of aromatic nitrogens is 2. The van der Waals surface area contributed by atoms with Crippen LogP contribution in [-0.4, -0.2) is 9.55 Å². The SMILES string of the molecule is C=CCn1ccnc1Nc1cc(C)ccc1Cl. The number of imidazole rings is 1. The summed E-state index contributed by atoms with van der Waals surface area (Å²) in [6.07, 6.45) is 5.47. The van der Waals surface area contributed by atoms with Crippen molar-refractivity contribution >= 4 is 23.2 Å². The van der Waals surface area contributed by atoms with E-state index in [0.29, 0.717) is 11.6 Å². The molecule has 0 atom stereocenters. The molecule has 0 aliphatic rings. The molecule has 2 rings (SSSR count). The molecule has 1 heterocycles. The van der Waals surface area contributed by atoms with Gasteiger partial charge in [0.15, 0.2) is 0 Å². The minimum Gasteiger partial charge on any atom is -0.324 e. The Hall–Kier alpha value is -1.74. The number of nitrogens with zero attached hydrogens (tertiary/aromatic N) is 2. The van der Waals surface area contributed by atoms with Crippen LogP contribution in [0.2, 0.25) is 5.02 Å². The van der Waals surface area contributed by atoms with Crippen LogP contribution in [0.25, 0.3) is 0 Å². The third-order valence-corrected chi connectivity index (χ3v) is 2.74. The first-order chi connectivity index (χ1) is 8.20. The number of hydrogen-bond acceptors (Lipinski definition) is 2. The lowest BCUT2D eigenvalue weighted by Gasteiger charge is -2.10. The van der Waals surface area contributed by atoms with Crippen LogP contribution in [0.15, 0.2) is 43.2 Å². The van der Waals surface area contributed by atoms with E-state index in [1.807, 2.05) is 42.0 Å². The van der Waals surface area contributed by atoms with Crippen LogP contribution < -0.4 is 5.32 Å². The average molecular weight is 248 g/mol. The highest BCUT2D eigenvalue weighted by molar-refractivity contribution is 6.33. The molecule has 0 spiro atoms. The summed E-state index contributed by atoms with van der Waals surface area (Å²) in [5.41, 5.74) is 2.02. The van der Waals surface area contributed by atoms with E-state index in [-0.39, 0.29) is 0 Å². The fraction of sp³-hybridized carbons (Fsp3) is 0.154. The molecule has 2 aromatic rings. The molecule has 88 valence electrons. The normalized spacial score (nSPS) is 10.2. The molecule has 1 aromatic heterocycles. The molecule has 0 saturated heterocycles. The van der Waals surface area contributed by atoms with Crippen molar-refractivity contribution in [1.82, 2.24) is 9.55 Å². The van der Waals surface area contributed by atoms with Crippen molar-refractivity contribution in [3.63, 3.8) is 0 Å². The smallest absolute Gasteiger partial charge is 0.207 e. The lowest BCUT2D eigenvalue weighted by Crippen LogP contribution is -2.02. The molecule has 1 N–H and O–H groups in total. The fourth-order valence-electron chi connectivity index (χ4n) is 1.58. The van der Waals surface area contributed by atoms with Gasteiger partial charge >= 0.3 is 0 Å². The van der Waals surface area contributed by atoms with Crippen molar-refractivity contribution in [2.45, 2.75) is 13.5 Å². The summed E-state index contributed by atoms with van der Waals surface area (Å²) in [5.74, 6) is 0.761. The van der Waals surface area contributed by atoms with Gasteiger partial charge in [0, 0.05) is 18.9 Å². The van der Waals surface area contributed by atoms with Crippen molar-refractivity contribution in [2.24, 2.45) is 0 Å². The topological polar surface area (TPSA) is 29.9 Å². The highest BCUT2D eigenvalue weighted by Crippen LogP contribution is 2.25. The van der Waals surface area contributed by atoms with Crippen molar-refractivity contribution < 1.29 is 0 Å². The molecule has 0 saturated carbocycles. The van der Waals surface area contributed by atoms with Gasteiger partial charge in [-0.1, -0.05) is 23.7 Å². The summed E-state index contributed by atoms with van der Waals surface area (Å²) in [4.78, 5) is 4.25. The molecule has 0 radical (unpaired) electrons. The summed E-state index contributed by atoms with van der Waals surface area (Å²) < 4.78 is 1.96. The van der Waals surface area contributed by atoms with Crippen molar-refractivity contribution in [1.29, 1.82) is 0 Å². The molecule has 3 nitrogen and oxygen atoms in total. The Morgan fingerprint density at radius 2 is 2.35 bits per heavy atom. The van der Waals surface area contributed by atoms with Crippen LogP contribution in [0, 0.1) is 6.92 Å². The monoisotopic (exact) mass is 247 g/mol. The van der Waals surface area contributed by atoms with Gasteiger partial charge in [-0.3, -0.25) is 0 Å². The minimum atomic E-state index is 0.684. The molecule has 0 aliphatic carbocycles. The number of nitrogens with one attached hydrogen (secondary N) is 1. The summed E-state index contributed by atoms with van der Waals surface area (Å²) >= 11 is 6.12. The molecule has 0 aliphatic heterocycles. The fourth-order valence-corrected chi connectivity index (χ4v) is 1.74. The molecule has 0 amide bonds. The molecule has 0 unspecified atom stereocenters. The maximum absolute atomic E-state index is 6.12. The first kappa shape index (κ1) is 11.7. The van der Waals surface area contributed by atoms with E-state index in [1.54, 1.807) is 6.20 Å². The summed E-state index contributed by atoms with van der Waals surface area (Å²) in [6.45, 7) is 6.45. The van der Waals surface area contributed by atoms with Gasteiger partial charge in [-0.25, -0.2) is 4.98 Å². The number of hydrogen-bond donors (Lipinski definition) is 1. The Morgan fingerprint density at radius 3 is 3.12 bits per heavy atom. The predicted molar refractivity (Wildman–Crippen MR) is 71.9 cm³/mol.